The van der Waals surface area contributed by atoms with Gasteiger partial charge in [0.25, 0.3) is 0 Å². The van der Waals surface area contributed by atoms with Crippen LogP contribution in [0.5, 0.6) is 0 Å². The van der Waals surface area contributed by atoms with Gasteiger partial charge in [-0.05, 0) is 48.5 Å². The van der Waals surface area contributed by atoms with Crippen LogP contribution in [0.2, 0.25) is 0 Å². The summed E-state index contributed by atoms with van der Waals surface area (Å²) in [7, 11) is -1.93. The van der Waals surface area contributed by atoms with Gasteiger partial charge in [0.15, 0.2) is 0 Å². The maximum absolute atomic E-state index is 10.6. The van der Waals surface area contributed by atoms with Gasteiger partial charge in [0.2, 0.25) is 0 Å². The minimum atomic E-state index is -4.97. The van der Waals surface area contributed by atoms with Gasteiger partial charge < -0.3 is 5.11 Å². The molecule has 1 radical (unpaired) electrons. The minimum Gasteiger partial charge on any atom is 0 e. The Balaban J connectivity index is 0. The van der Waals surface area contributed by atoms with E-state index in [2.05, 4.69) is 153 Å². The van der Waals surface area contributed by atoms with Crippen LogP contribution in [0.25, 0.3) is 0 Å². The molecule has 215 valence electrons. The second kappa shape index (κ2) is 24.1. The maximum atomic E-state index is 10.6. The van der Waals surface area contributed by atoms with E-state index >= 15 is 0 Å². The van der Waals surface area contributed by atoms with Gasteiger partial charge in [0.05, 0.1) is 20.6 Å². The van der Waals surface area contributed by atoms with Gasteiger partial charge in [0.1, 0.15) is 32.9 Å². The molecule has 4 rings (SSSR count). The molecule has 0 aliphatic carbocycles. The van der Waals surface area contributed by atoms with Crippen LogP contribution in [0, 0.1) is 20.0 Å². The number of benzene rings is 4. The minimum absolute atomic E-state index is 0. The Morgan fingerprint density at radius 2 is 0.714 bits per heavy atom. The average molecular weight is 652 g/mol. The molecule has 0 spiro atoms. The smallest absolute Gasteiger partial charge is 0 e. The van der Waals surface area contributed by atoms with Gasteiger partial charge >= 0.3 is 46.1 Å². The third-order valence-electron chi connectivity index (χ3n) is 5.01. The van der Waals surface area contributed by atoms with E-state index in [-0.39, 0.29) is 17.1 Å². The van der Waals surface area contributed by atoms with Crippen molar-refractivity contribution in [3.63, 3.8) is 0 Å². The molecule has 0 unspecified atom stereocenters. The Hall–Kier alpha value is -3.52. The van der Waals surface area contributed by atoms with Crippen molar-refractivity contribution in [1.82, 2.24) is 0 Å². The first-order valence-corrected chi connectivity index (χ1v) is 14.6. The SMILES string of the molecule is C(=C[PH+](c1ccccc1)c1ccccc1)[PH+](c1ccccc1)c1ccccc1.O=C([OH2+])C(F)(F)F.[C-]#[O+].[C-]#[O+].[C-]#[O+].[Mn]. The maximum Gasteiger partial charge on any atom is 0 e. The summed E-state index contributed by atoms with van der Waals surface area (Å²) in [5.41, 5.74) is 0. The van der Waals surface area contributed by atoms with E-state index in [4.69, 9.17) is 23.9 Å². The van der Waals surface area contributed by atoms with Crippen molar-refractivity contribution < 1.29 is 54.1 Å². The van der Waals surface area contributed by atoms with Gasteiger partial charge in [-0.2, -0.15) is 13.2 Å². The first kappa shape index (κ1) is 40.6. The molecule has 0 aliphatic heterocycles. The molecular weight excluding hydrogens is 626 g/mol. The van der Waals surface area contributed by atoms with Crippen LogP contribution in [0.15, 0.2) is 133 Å². The van der Waals surface area contributed by atoms with Crippen LogP contribution < -0.4 is 21.2 Å². The molecule has 42 heavy (non-hydrogen) atoms. The molecule has 4 aromatic carbocycles. The number of halogens is 3. The van der Waals surface area contributed by atoms with Crippen molar-refractivity contribution in [1.29, 1.82) is 0 Å². The van der Waals surface area contributed by atoms with E-state index in [0.29, 0.717) is 0 Å². The van der Waals surface area contributed by atoms with E-state index in [1.165, 1.54) is 21.2 Å². The quantitative estimate of drug-likeness (QED) is 0.126. The summed E-state index contributed by atoms with van der Waals surface area (Å²) in [6.07, 6.45) is -4.97. The van der Waals surface area contributed by atoms with Crippen LogP contribution in [0.1, 0.15) is 0 Å². The van der Waals surface area contributed by atoms with Crippen LogP contribution in [0.3, 0.4) is 0 Å². The fourth-order valence-electron chi connectivity index (χ4n) is 3.36. The Labute approximate surface area is 255 Å². The van der Waals surface area contributed by atoms with Gasteiger partial charge in [-0.25, -0.2) is 0 Å². The van der Waals surface area contributed by atoms with Gasteiger partial charge in [0, 0.05) is 17.1 Å². The normalized spacial score (nSPS) is 9.60. The van der Waals surface area contributed by atoms with Gasteiger partial charge in [-0.15, -0.1) is 0 Å². The summed E-state index contributed by atoms with van der Waals surface area (Å²) >= 11 is 0. The first-order valence-electron chi connectivity index (χ1n) is 11.4. The van der Waals surface area contributed by atoms with E-state index in [1.807, 2.05) is 0 Å². The third kappa shape index (κ3) is 14.9. The van der Waals surface area contributed by atoms with Crippen LogP contribution in [0.4, 0.5) is 13.2 Å². The van der Waals surface area contributed by atoms with E-state index < -0.39 is 28.0 Å². The predicted molar refractivity (Wildman–Crippen MR) is 157 cm³/mol. The summed E-state index contributed by atoms with van der Waals surface area (Å²) < 4.78 is 54.4. The Morgan fingerprint density at radius 1 is 0.548 bits per heavy atom. The zero-order valence-electron chi connectivity index (χ0n) is 21.8. The molecule has 0 fully saturated rings. The van der Waals surface area contributed by atoms with Crippen LogP contribution in [-0.4, -0.2) is 17.3 Å². The van der Waals surface area contributed by atoms with Crippen molar-refractivity contribution in [2.24, 2.45) is 0 Å². The van der Waals surface area contributed by atoms with Crippen molar-refractivity contribution in [3.05, 3.63) is 153 Å². The molecule has 0 saturated carbocycles. The molecule has 4 aromatic rings. The fraction of sp³-hybridized carbons (Fsp3) is 0.0323. The van der Waals surface area contributed by atoms with E-state index in [0.717, 1.165) is 0 Å². The summed E-state index contributed by atoms with van der Waals surface area (Å²) in [6, 6.07) is 43.7. The largest absolute Gasteiger partial charge is 0 e. The van der Waals surface area contributed by atoms with E-state index in [1.54, 1.807) is 0 Å². The molecule has 0 aromatic heterocycles. The standard InChI is InChI=1S/C26H22P2.C2HF3O2.3CO.Mn/c1-5-13-23(14-6-1)27(24-15-7-2-8-16-24)21-22-28(25-17-9-3-10-18-25)26-19-11-4-12-20-26;3-2(4,5)1(6)7;3*1-2;/h1-22H;(H,6,7);;;;/p+3. The molecule has 0 bridgehead atoms. The molecular formula is C31H26F3MnO5P2+3. The van der Waals surface area contributed by atoms with Crippen molar-refractivity contribution in [2.45, 2.75) is 6.18 Å². The summed E-state index contributed by atoms with van der Waals surface area (Å²) in [6.45, 7) is 13.5. The molecule has 0 saturated heterocycles. The molecule has 0 atom stereocenters. The predicted octanol–water partition coefficient (Wildman–Crippen LogP) is 4.87. The summed E-state index contributed by atoms with van der Waals surface area (Å²) in [5.74, 6) is 2.50. The van der Waals surface area contributed by atoms with Crippen LogP contribution >= 0.6 is 15.8 Å². The topological polar surface area (TPSA) is 99.7 Å². The molecule has 0 amide bonds. The number of alkyl halides is 3. The number of carbonyl (C=O) groups is 1. The second-order valence-corrected chi connectivity index (χ2v) is 12.1. The Morgan fingerprint density at radius 3 is 0.857 bits per heavy atom. The van der Waals surface area contributed by atoms with Crippen molar-refractivity contribution >= 4 is 43.0 Å². The van der Waals surface area contributed by atoms with Gasteiger partial charge in [-0.1, -0.05) is 72.8 Å². The van der Waals surface area contributed by atoms with Crippen molar-refractivity contribution in [2.75, 3.05) is 0 Å². The van der Waals surface area contributed by atoms with E-state index in [9.17, 15) is 13.2 Å². The third-order valence-corrected chi connectivity index (χ3v) is 10.2. The fourth-order valence-corrected chi connectivity index (χ4v) is 8.33. The zero-order valence-corrected chi connectivity index (χ0v) is 25.0. The van der Waals surface area contributed by atoms with Crippen molar-refractivity contribution in [3.8, 4) is 0 Å². The first-order chi connectivity index (χ1) is 19.9. The van der Waals surface area contributed by atoms with Crippen LogP contribution in [-0.2, 0) is 35.8 Å². The molecule has 0 aliphatic rings. The molecule has 5 nitrogen and oxygen atoms in total. The summed E-state index contributed by atoms with van der Waals surface area (Å²) in [5, 5.41) is 11.2. The average Bonchev–Trinajstić information content (AvgIpc) is 3.04. The van der Waals surface area contributed by atoms with Gasteiger partial charge in [-0.3, -0.25) is 0 Å². The molecule has 2 N–H and O–H groups in total. The Bertz CT molecular complexity index is 1170. The molecule has 0 heterocycles. The second-order valence-electron chi connectivity index (χ2n) is 7.45. The Kier molecular flexibility index (Phi) is 23.3. The number of hydrogen-bond donors (Lipinski definition) is 0. The zero-order chi connectivity index (χ0) is 31.1. The number of hydrogen-bond acceptors (Lipinski definition) is 1. The molecule has 11 heteroatoms. The summed E-state index contributed by atoms with van der Waals surface area (Å²) in [4.78, 5) is 9.01. The number of rotatable bonds is 6. The monoisotopic (exact) mass is 652 g/mol. The number of carbonyl (C=O) groups excluding carboxylic acids is 1.